The van der Waals surface area contributed by atoms with Crippen LogP contribution >= 0.6 is 0 Å². The molecule has 51 heavy (non-hydrogen) atoms. The first-order valence-electron chi connectivity index (χ1n) is 17.4. The van der Waals surface area contributed by atoms with Gasteiger partial charge in [-0.25, -0.2) is 0 Å². The van der Waals surface area contributed by atoms with E-state index in [0.717, 1.165) is 23.1 Å². The second-order valence-electron chi connectivity index (χ2n) is 13.9. The number of rotatable bonds is 16. The van der Waals surface area contributed by atoms with Gasteiger partial charge in [0.25, 0.3) is 0 Å². The summed E-state index contributed by atoms with van der Waals surface area (Å²) in [5.41, 5.74) is 7.65. The summed E-state index contributed by atoms with van der Waals surface area (Å²) in [6.07, 6.45) is 1.64. The number of aromatic hydroxyl groups is 1. The maximum Gasteiger partial charge on any atom is 0.243 e. The number of carbonyl (C=O) groups excluding carboxylic acids is 5. The monoisotopic (exact) mass is 698 g/mol. The summed E-state index contributed by atoms with van der Waals surface area (Å²) in [5.74, 6) is -2.51. The van der Waals surface area contributed by atoms with Gasteiger partial charge in [-0.05, 0) is 53.4 Å². The Morgan fingerprint density at radius 3 is 2.06 bits per heavy atom. The average molecular weight is 699 g/mol. The van der Waals surface area contributed by atoms with Crippen LogP contribution in [0.3, 0.4) is 0 Å². The van der Waals surface area contributed by atoms with Crippen molar-refractivity contribution < 1.29 is 29.1 Å². The van der Waals surface area contributed by atoms with Crippen molar-refractivity contribution in [3.8, 4) is 5.75 Å². The quantitative estimate of drug-likeness (QED) is 0.133. The molecule has 0 radical (unpaired) electrons. The Labute approximate surface area is 299 Å². The molecule has 1 heterocycles. The number of para-hydroxylation sites is 1. The van der Waals surface area contributed by atoms with E-state index in [4.69, 9.17) is 5.73 Å². The minimum Gasteiger partial charge on any atom is -0.508 e. The van der Waals surface area contributed by atoms with Gasteiger partial charge in [-0.1, -0.05) is 99.6 Å². The van der Waals surface area contributed by atoms with E-state index < -0.39 is 53.7 Å². The number of nitrogens with one attached hydrogen (secondary N) is 4. The van der Waals surface area contributed by atoms with Crippen LogP contribution in [0.1, 0.15) is 56.7 Å². The molecule has 0 bridgehead atoms. The van der Waals surface area contributed by atoms with Crippen LogP contribution in [0, 0.1) is 5.92 Å². The summed E-state index contributed by atoms with van der Waals surface area (Å²) in [5, 5.41) is 21.2. The van der Waals surface area contributed by atoms with Crippen LogP contribution in [0.25, 0.3) is 0 Å². The predicted molar refractivity (Wildman–Crippen MR) is 194 cm³/mol. The highest BCUT2D eigenvalue weighted by Gasteiger charge is 2.42. The molecular weight excluding hydrogens is 648 g/mol. The molecule has 2 unspecified atom stereocenters. The molecule has 3 aromatic rings. The fourth-order valence-electron chi connectivity index (χ4n) is 6.52. The number of benzene rings is 3. The molecule has 0 aromatic heterocycles. The van der Waals surface area contributed by atoms with Gasteiger partial charge < -0.3 is 32.1 Å². The minimum atomic E-state index is -1.04. The lowest BCUT2D eigenvalue weighted by molar-refractivity contribution is -0.132. The van der Waals surface area contributed by atoms with Gasteiger partial charge in [0.2, 0.25) is 29.5 Å². The largest absolute Gasteiger partial charge is 0.508 e. The Balaban J connectivity index is 1.36. The van der Waals surface area contributed by atoms with E-state index in [9.17, 15) is 29.1 Å². The van der Waals surface area contributed by atoms with Crippen molar-refractivity contribution in [3.63, 3.8) is 0 Å². The number of likely N-dealkylation sites (tertiary alicyclic amines) is 1. The number of primary amides is 1. The molecule has 4 atom stereocenters. The van der Waals surface area contributed by atoms with Gasteiger partial charge in [0, 0.05) is 19.5 Å². The molecule has 0 saturated carbocycles. The summed E-state index contributed by atoms with van der Waals surface area (Å²) in [6, 6.07) is 23.5. The van der Waals surface area contributed by atoms with Gasteiger partial charge in [-0.3, -0.25) is 28.9 Å². The highest BCUT2D eigenvalue weighted by atomic mass is 16.3. The molecule has 1 aliphatic rings. The maximum absolute atomic E-state index is 13.7. The maximum atomic E-state index is 13.7. The van der Waals surface area contributed by atoms with Crippen LogP contribution in [-0.4, -0.2) is 77.3 Å². The number of nitrogens with two attached hydrogens (primary N) is 1. The van der Waals surface area contributed by atoms with Crippen molar-refractivity contribution in [2.24, 2.45) is 11.7 Å². The van der Waals surface area contributed by atoms with Crippen molar-refractivity contribution in [2.45, 2.75) is 76.5 Å². The minimum absolute atomic E-state index is 0.0903. The third-order valence-electron chi connectivity index (χ3n) is 9.29. The van der Waals surface area contributed by atoms with Crippen molar-refractivity contribution in [3.05, 3.63) is 102 Å². The van der Waals surface area contributed by atoms with Crippen LogP contribution in [0.4, 0.5) is 0 Å². The number of amides is 5. The molecule has 3 aromatic carbocycles. The van der Waals surface area contributed by atoms with Crippen LogP contribution in [0.15, 0.2) is 84.9 Å². The zero-order chi connectivity index (χ0) is 37.0. The number of hydrogen-bond acceptors (Lipinski definition) is 7. The SMILES string of the molecule is CC(C)C[C@H](NC(=O)[C@H](Cc1ccccc1)NC(=O)CNC(=O)CNC(=O)C1CC(C)(c2ccccc2O)CCN1Cc1ccccc1)C(N)=O. The molecular formula is C39H50N6O6. The van der Waals surface area contributed by atoms with E-state index in [-0.39, 0.29) is 30.5 Å². The Bertz CT molecular complexity index is 1650. The van der Waals surface area contributed by atoms with Crippen LogP contribution < -0.4 is 27.0 Å². The first-order valence-corrected chi connectivity index (χ1v) is 17.4. The van der Waals surface area contributed by atoms with Crippen molar-refractivity contribution in [1.29, 1.82) is 0 Å². The normalized spacial score (nSPS) is 18.6. The molecule has 4 rings (SSSR count). The van der Waals surface area contributed by atoms with E-state index in [1.807, 2.05) is 93.6 Å². The molecule has 12 nitrogen and oxygen atoms in total. The van der Waals surface area contributed by atoms with Crippen LogP contribution in [-0.2, 0) is 42.4 Å². The predicted octanol–water partition coefficient (Wildman–Crippen LogP) is 2.29. The lowest BCUT2D eigenvalue weighted by atomic mass is 9.71. The molecule has 12 heteroatoms. The Morgan fingerprint density at radius 1 is 0.824 bits per heavy atom. The van der Waals surface area contributed by atoms with Crippen LogP contribution in [0.5, 0.6) is 5.75 Å². The van der Waals surface area contributed by atoms with Gasteiger partial charge in [-0.15, -0.1) is 0 Å². The lowest BCUT2D eigenvalue weighted by Gasteiger charge is -2.44. The number of phenols is 1. The summed E-state index contributed by atoms with van der Waals surface area (Å²) in [7, 11) is 0. The number of carbonyl (C=O) groups is 5. The highest BCUT2D eigenvalue weighted by Crippen LogP contribution is 2.42. The molecule has 5 amide bonds. The summed E-state index contributed by atoms with van der Waals surface area (Å²) >= 11 is 0. The molecule has 0 spiro atoms. The fraction of sp³-hybridized carbons (Fsp3) is 0.410. The second-order valence-corrected chi connectivity index (χ2v) is 13.9. The van der Waals surface area contributed by atoms with Gasteiger partial charge in [0.05, 0.1) is 19.1 Å². The van der Waals surface area contributed by atoms with Gasteiger partial charge >= 0.3 is 0 Å². The van der Waals surface area contributed by atoms with Crippen molar-refractivity contribution in [2.75, 3.05) is 19.6 Å². The van der Waals surface area contributed by atoms with E-state index in [0.29, 0.717) is 25.9 Å². The zero-order valence-corrected chi connectivity index (χ0v) is 29.6. The van der Waals surface area contributed by atoms with Gasteiger partial charge in [0.15, 0.2) is 0 Å². The molecule has 0 aliphatic carbocycles. The zero-order valence-electron chi connectivity index (χ0n) is 29.6. The van der Waals surface area contributed by atoms with E-state index in [1.165, 1.54) is 0 Å². The number of hydrogen-bond donors (Lipinski definition) is 6. The number of piperidine rings is 1. The fourth-order valence-corrected chi connectivity index (χ4v) is 6.52. The Hall–Kier alpha value is -5.23. The summed E-state index contributed by atoms with van der Waals surface area (Å²) in [4.78, 5) is 66.9. The molecule has 272 valence electrons. The molecule has 1 aliphatic heterocycles. The van der Waals surface area contributed by atoms with Gasteiger partial charge in [0.1, 0.15) is 17.8 Å². The number of nitrogens with zero attached hydrogens (tertiary/aromatic N) is 1. The average Bonchev–Trinajstić information content (AvgIpc) is 3.10. The van der Waals surface area contributed by atoms with Gasteiger partial charge in [-0.2, -0.15) is 0 Å². The summed E-state index contributed by atoms with van der Waals surface area (Å²) < 4.78 is 0. The van der Waals surface area contributed by atoms with E-state index in [1.54, 1.807) is 12.1 Å². The smallest absolute Gasteiger partial charge is 0.243 e. The molecule has 7 N–H and O–H groups in total. The first kappa shape index (κ1) is 38.6. The molecule has 1 saturated heterocycles. The Morgan fingerprint density at radius 2 is 1.43 bits per heavy atom. The Kier molecular flexibility index (Phi) is 13.7. The topological polar surface area (TPSA) is 183 Å². The lowest BCUT2D eigenvalue weighted by Crippen LogP contribution is -2.56. The van der Waals surface area contributed by atoms with E-state index in [2.05, 4.69) is 26.2 Å². The van der Waals surface area contributed by atoms with E-state index >= 15 is 0 Å². The number of phenolic OH excluding ortho intramolecular Hbond substituents is 1. The standard InChI is InChI=1S/C39H50N6O6/c1-26(2)20-30(36(40)49)44-37(50)31(21-27-12-6-4-7-13-27)43-35(48)24-41-34(47)23-42-38(51)32-22-39(3,29-16-10-11-17-33(29)46)18-19-45(32)25-28-14-8-5-9-15-28/h4-17,26,30-32,46H,18-25H2,1-3H3,(H2,40,49)(H,41,47)(H,42,51)(H,43,48)(H,44,50)/t30-,31-,32?,39?/m0/s1. The molecule has 1 fully saturated rings. The highest BCUT2D eigenvalue weighted by molar-refractivity contribution is 5.93. The first-order chi connectivity index (χ1) is 24.3. The summed E-state index contributed by atoms with van der Waals surface area (Å²) in [6.45, 7) is 6.18. The van der Waals surface area contributed by atoms with Crippen molar-refractivity contribution in [1.82, 2.24) is 26.2 Å². The third kappa shape index (κ3) is 11.4. The van der Waals surface area contributed by atoms with Crippen LogP contribution in [0.2, 0.25) is 0 Å². The van der Waals surface area contributed by atoms with Crippen molar-refractivity contribution >= 4 is 29.5 Å². The second kappa shape index (κ2) is 18.1. The third-order valence-corrected chi connectivity index (χ3v) is 9.29.